The maximum absolute atomic E-state index is 13.5. The number of hydrogen-bond acceptors (Lipinski definition) is 3. The van der Waals surface area contributed by atoms with Crippen LogP contribution >= 0.6 is 11.6 Å². The largest absolute Gasteiger partial charge is 0.478 e. The van der Waals surface area contributed by atoms with Gasteiger partial charge in [0.05, 0.1) is 16.6 Å². The van der Waals surface area contributed by atoms with Crippen molar-refractivity contribution in [1.82, 2.24) is 9.97 Å². The van der Waals surface area contributed by atoms with Gasteiger partial charge in [-0.25, -0.2) is 9.78 Å². The van der Waals surface area contributed by atoms with E-state index in [1.165, 1.54) is 51.0 Å². The van der Waals surface area contributed by atoms with Crippen molar-refractivity contribution < 1.29 is 14.7 Å². The molecule has 2 N–H and O–H groups in total. The van der Waals surface area contributed by atoms with E-state index >= 15 is 0 Å². The molecule has 2 saturated carbocycles. The summed E-state index contributed by atoms with van der Waals surface area (Å²) in [7, 11) is 0. The average molecular weight is 527 g/mol. The standard InChI is InChI=1S/C32H31ClN2O3/c33-26-10-6-9-23(31-34-27-11-4-5-12-28(27)35-31)30(26)22-16-15-21(17-25(22)32(37)38)29(36)18-24(20-13-14-20)19-7-2-1-3-8-19/h4-6,9-12,15-17,19-20,24H,1-3,7-8,13-14,18H2,(H,34,35)(H,37,38). The molecule has 3 aromatic carbocycles. The van der Waals surface area contributed by atoms with Gasteiger partial charge in [0, 0.05) is 28.1 Å². The molecule has 1 heterocycles. The van der Waals surface area contributed by atoms with Crippen molar-refractivity contribution in [1.29, 1.82) is 0 Å². The van der Waals surface area contributed by atoms with E-state index in [-0.39, 0.29) is 11.3 Å². The third kappa shape index (κ3) is 4.88. The summed E-state index contributed by atoms with van der Waals surface area (Å²) in [5.74, 6) is 1.25. The van der Waals surface area contributed by atoms with E-state index in [1.807, 2.05) is 36.4 Å². The van der Waals surface area contributed by atoms with E-state index in [9.17, 15) is 14.7 Å². The van der Waals surface area contributed by atoms with E-state index < -0.39 is 5.97 Å². The first kappa shape index (κ1) is 24.9. The van der Waals surface area contributed by atoms with Gasteiger partial charge in [-0.2, -0.15) is 0 Å². The highest BCUT2D eigenvalue weighted by atomic mass is 35.5. The topological polar surface area (TPSA) is 83.0 Å². The van der Waals surface area contributed by atoms with Gasteiger partial charge in [-0.1, -0.05) is 80.1 Å². The molecule has 0 bridgehead atoms. The lowest BCUT2D eigenvalue weighted by Gasteiger charge is -2.30. The molecule has 0 aliphatic heterocycles. The number of carbonyl (C=O) groups is 2. The number of aromatic carboxylic acids is 1. The third-order valence-corrected chi connectivity index (χ3v) is 8.72. The van der Waals surface area contributed by atoms with Crippen LogP contribution in [0.1, 0.15) is 72.1 Å². The Morgan fingerprint density at radius 3 is 2.42 bits per heavy atom. The molecular weight excluding hydrogens is 496 g/mol. The molecule has 0 amide bonds. The zero-order valence-electron chi connectivity index (χ0n) is 21.3. The number of fused-ring (bicyclic) bond motifs is 1. The number of H-pyrrole nitrogens is 1. The molecular formula is C32H31ClN2O3. The first-order chi connectivity index (χ1) is 18.5. The van der Waals surface area contributed by atoms with Gasteiger partial charge < -0.3 is 10.1 Å². The van der Waals surface area contributed by atoms with Crippen LogP contribution in [0.25, 0.3) is 33.5 Å². The summed E-state index contributed by atoms with van der Waals surface area (Å²) >= 11 is 6.69. The molecule has 2 aliphatic rings. The van der Waals surface area contributed by atoms with Crippen LogP contribution < -0.4 is 0 Å². The van der Waals surface area contributed by atoms with Gasteiger partial charge in [0.1, 0.15) is 5.82 Å². The van der Waals surface area contributed by atoms with Crippen LogP contribution in [-0.4, -0.2) is 26.8 Å². The molecule has 4 aromatic rings. The average Bonchev–Trinajstić information content (AvgIpc) is 3.69. The van der Waals surface area contributed by atoms with Gasteiger partial charge in [0.2, 0.25) is 0 Å². The Labute approximate surface area is 227 Å². The summed E-state index contributed by atoms with van der Waals surface area (Å²) in [6.45, 7) is 0. The number of hydrogen-bond donors (Lipinski definition) is 2. The lowest BCUT2D eigenvalue weighted by Crippen LogP contribution is -2.23. The molecule has 2 fully saturated rings. The minimum absolute atomic E-state index is 0.0400. The number of nitrogens with zero attached hydrogens (tertiary/aromatic N) is 1. The number of halogens is 1. The highest BCUT2D eigenvalue weighted by molar-refractivity contribution is 6.34. The van der Waals surface area contributed by atoms with Crippen LogP contribution in [0, 0.1) is 17.8 Å². The van der Waals surface area contributed by atoms with Gasteiger partial charge in [-0.3, -0.25) is 4.79 Å². The van der Waals surface area contributed by atoms with Crippen molar-refractivity contribution in [2.45, 2.75) is 51.4 Å². The number of ketones is 1. The van der Waals surface area contributed by atoms with Crippen molar-refractivity contribution in [3.05, 3.63) is 76.8 Å². The fourth-order valence-corrected chi connectivity index (χ4v) is 6.60. The zero-order chi connectivity index (χ0) is 26.2. The summed E-state index contributed by atoms with van der Waals surface area (Å²) in [5.41, 5.74) is 4.00. The zero-order valence-corrected chi connectivity index (χ0v) is 22.0. The number of aromatic nitrogens is 2. The molecule has 38 heavy (non-hydrogen) atoms. The molecule has 194 valence electrons. The van der Waals surface area contributed by atoms with E-state index in [2.05, 4.69) is 4.98 Å². The van der Waals surface area contributed by atoms with Crippen molar-refractivity contribution in [3.63, 3.8) is 0 Å². The van der Waals surface area contributed by atoms with Crippen LogP contribution in [0.4, 0.5) is 0 Å². The quantitative estimate of drug-likeness (QED) is 0.226. The lowest BCUT2D eigenvalue weighted by molar-refractivity contribution is 0.0697. The van der Waals surface area contributed by atoms with Gasteiger partial charge in [-0.05, 0) is 60.4 Å². The molecule has 0 spiro atoms. The van der Waals surface area contributed by atoms with Crippen LogP contribution in [0.5, 0.6) is 0 Å². The van der Waals surface area contributed by atoms with Crippen molar-refractivity contribution in [3.8, 4) is 22.5 Å². The SMILES string of the molecule is O=C(CC(C1CCCCC1)C1CC1)c1ccc(-c2c(Cl)cccc2-c2nc3ccccc3[nH]2)c(C(=O)O)c1. The molecule has 1 aromatic heterocycles. The lowest BCUT2D eigenvalue weighted by atomic mass is 9.75. The van der Waals surface area contributed by atoms with Crippen LogP contribution in [-0.2, 0) is 0 Å². The van der Waals surface area contributed by atoms with Crippen molar-refractivity contribution in [2.24, 2.45) is 17.8 Å². The summed E-state index contributed by atoms with van der Waals surface area (Å²) < 4.78 is 0. The second-order valence-corrected chi connectivity index (χ2v) is 11.3. The molecule has 6 rings (SSSR count). The van der Waals surface area contributed by atoms with Crippen LogP contribution in [0.3, 0.4) is 0 Å². The summed E-state index contributed by atoms with van der Waals surface area (Å²) in [6, 6.07) is 18.2. The minimum atomic E-state index is -1.09. The van der Waals surface area contributed by atoms with Crippen molar-refractivity contribution in [2.75, 3.05) is 0 Å². The molecule has 2 aliphatic carbocycles. The smallest absolute Gasteiger partial charge is 0.336 e. The Bertz CT molecular complexity index is 1480. The van der Waals surface area contributed by atoms with Gasteiger partial charge >= 0.3 is 5.97 Å². The van der Waals surface area contributed by atoms with E-state index in [0.29, 0.717) is 57.3 Å². The van der Waals surface area contributed by atoms with Crippen LogP contribution in [0.15, 0.2) is 60.7 Å². The Morgan fingerprint density at radius 2 is 1.68 bits per heavy atom. The van der Waals surface area contributed by atoms with E-state index in [1.54, 1.807) is 18.2 Å². The second-order valence-electron chi connectivity index (χ2n) is 10.9. The van der Waals surface area contributed by atoms with Gasteiger partial charge in [-0.15, -0.1) is 0 Å². The summed E-state index contributed by atoms with van der Waals surface area (Å²) in [6.07, 6.45) is 9.16. The van der Waals surface area contributed by atoms with Crippen LogP contribution in [0.2, 0.25) is 5.02 Å². The fraction of sp³-hybridized carbons (Fsp3) is 0.344. The predicted octanol–water partition coefficient (Wildman–Crippen LogP) is 8.43. The van der Waals surface area contributed by atoms with Gasteiger partial charge in [0.25, 0.3) is 0 Å². The number of carbonyl (C=O) groups excluding carboxylic acids is 1. The molecule has 5 nitrogen and oxygen atoms in total. The summed E-state index contributed by atoms with van der Waals surface area (Å²) in [5, 5.41) is 10.6. The predicted molar refractivity (Wildman–Crippen MR) is 151 cm³/mol. The number of carboxylic acids is 1. The Morgan fingerprint density at radius 1 is 0.921 bits per heavy atom. The Hall–Kier alpha value is -3.44. The molecule has 1 atom stereocenters. The number of carboxylic acid groups (broad SMARTS) is 1. The number of nitrogens with one attached hydrogen (secondary N) is 1. The number of Topliss-reactive ketones (excluding diaryl/α,β-unsaturated/α-hetero) is 1. The van der Waals surface area contributed by atoms with Gasteiger partial charge in [0.15, 0.2) is 5.78 Å². The fourth-order valence-electron chi connectivity index (χ4n) is 6.33. The maximum Gasteiger partial charge on any atom is 0.336 e. The minimum Gasteiger partial charge on any atom is -0.478 e. The van der Waals surface area contributed by atoms with E-state index in [0.717, 1.165) is 11.0 Å². The monoisotopic (exact) mass is 526 g/mol. The van der Waals surface area contributed by atoms with E-state index in [4.69, 9.17) is 16.6 Å². The number of imidazole rings is 1. The second kappa shape index (κ2) is 10.4. The molecule has 0 saturated heterocycles. The Balaban J connectivity index is 1.36. The molecule has 1 unspecified atom stereocenters. The normalized spacial score (nSPS) is 17.0. The number of aromatic amines is 1. The summed E-state index contributed by atoms with van der Waals surface area (Å²) in [4.78, 5) is 34.0. The molecule has 0 radical (unpaired) electrons. The first-order valence-corrected chi connectivity index (χ1v) is 14.0. The number of benzene rings is 3. The number of para-hydroxylation sites is 2. The maximum atomic E-state index is 13.5. The third-order valence-electron chi connectivity index (χ3n) is 8.40. The highest BCUT2D eigenvalue weighted by Crippen LogP contribution is 2.47. The highest BCUT2D eigenvalue weighted by Gasteiger charge is 2.38. The Kier molecular flexibility index (Phi) is 6.79. The molecule has 6 heteroatoms. The first-order valence-electron chi connectivity index (χ1n) is 13.6. The number of rotatable bonds is 8. The van der Waals surface area contributed by atoms with Crippen molar-refractivity contribution >= 4 is 34.4 Å².